The van der Waals surface area contributed by atoms with Crippen molar-refractivity contribution in [3.63, 3.8) is 0 Å². The number of carbonyl (C=O) groups excluding carboxylic acids is 1. The zero-order valence-electron chi connectivity index (χ0n) is 10.5. The second kappa shape index (κ2) is 5.00. The summed E-state index contributed by atoms with van der Waals surface area (Å²) in [5, 5.41) is 0. The van der Waals surface area contributed by atoms with E-state index in [4.69, 9.17) is 4.74 Å². The Hall–Kier alpha value is -0.530. The molecular formula is C13H24O2. The van der Waals surface area contributed by atoms with E-state index in [1.54, 1.807) is 0 Å². The van der Waals surface area contributed by atoms with E-state index in [0.717, 1.165) is 12.3 Å². The van der Waals surface area contributed by atoms with Gasteiger partial charge < -0.3 is 4.74 Å². The first kappa shape index (κ1) is 12.5. The van der Waals surface area contributed by atoms with Crippen LogP contribution in [0.1, 0.15) is 59.8 Å². The molecule has 2 bridgehead atoms. The van der Waals surface area contributed by atoms with Crippen LogP contribution in [-0.4, -0.2) is 11.6 Å². The number of hydrogen-bond donors (Lipinski definition) is 0. The molecule has 3 unspecified atom stereocenters. The van der Waals surface area contributed by atoms with Gasteiger partial charge >= 0.3 is 5.97 Å². The number of hydrogen-bond acceptors (Lipinski definition) is 2. The molecule has 0 aliphatic heterocycles. The third-order valence-corrected chi connectivity index (χ3v) is 3.73. The first-order valence-electron chi connectivity index (χ1n) is 6.36. The first-order chi connectivity index (χ1) is 7.14. The van der Waals surface area contributed by atoms with Crippen molar-refractivity contribution in [1.29, 1.82) is 0 Å². The summed E-state index contributed by atoms with van der Waals surface area (Å²) in [6, 6.07) is 0. The van der Waals surface area contributed by atoms with Gasteiger partial charge in [0.25, 0.3) is 0 Å². The van der Waals surface area contributed by atoms with Gasteiger partial charge in [-0.2, -0.15) is 0 Å². The highest BCUT2D eigenvalue weighted by Crippen LogP contribution is 2.52. The minimum Gasteiger partial charge on any atom is -0.459 e. The maximum atomic E-state index is 11.2. The number of rotatable bonds is 2. The van der Waals surface area contributed by atoms with E-state index >= 15 is 0 Å². The summed E-state index contributed by atoms with van der Waals surface area (Å²) in [6.45, 7) is 7.98. The Morgan fingerprint density at radius 3 is 2.47 bits per heavy atom. The molecule has 3 atom stereocenters. The number of ether oxygens (including phenoxy) is 1. The molecule has 0 aromatic carbocycles. The molecule has 0 aromatic heterocycles. The van der Waals surface area contributed by atoms with E-state index in [9.17, 15) is 4.79 Å². The molecule has 2 nitrogen and oxygen atoms in total. The van der Waals surface area contributed by atoms with Crippen LogP contribution in [0, 0.1) is 11.8 Å². The fraction of sp³-hybridized carbons (Fsp3) is 0.923. The van der Waals surface area contributed by atoms with Crippen molar-refractivity contribution in [1.82, 2.24) is 0 Å². The molecule has 15 heavy (non-hydrogen) atoms. The molecule has 0 spiro atoms. The van der Waals surface area contributed by atoms with E-state index < -0.39 is 0 Å². The van der Waals surface area contributed by atoms with Crippen LogP contribution >= 0.6 is 0 Å². The summed E-state index contributed by atoms with van der Waals surface area (Å²) in [7, 11) is 0. The van der Waals surface area contributed by atoms with Crippen LogP contribution < -0.4 is 0 Å². The quantitative estimate of drug-likeness (QED) is 0.654. The van der Waals surface area contributed by atoms with Gasteiger partial charge in [0.15, 0.2) is 0 Å². The van der Waals surface area contributed by atoms with Gasteiger partial charge in [-0.25, -0.2) is 0 Å². The molecule has 0 amide bonds. The molecule has 0 N–H and O–H groups in total. The topological polar surface area (TPSA) is 26.3 Å². The number of carbonyl (C=O) groups is 1. The highest BCUT2D eigenvalue weighted by Gasteiger charge is 2.50. The van der Waals surface area contributed by atoms with E-state index in [0.29, 0.717) is 12.3 Å². The lowest BCUT2D eigenvalue weighted by Gasteiger charge is -2.33. The summed E-state index contributed by atoms with van der Waals surface area (Å²) in [4.78, 5) is 11.2. The third-order valence-electron chi connectivity index (χ3n) is 3.73. The lowest BCUT2D eigenvalue weighted by Crippen LogP contribution is -2.37. The highest BCUT2D eigenvalue weighted by atomic mass is 16.6. The van der Waals surface area contributed by atoms with Gasteiger partial charge in [0.05, 0.1) is 0 Å². The van der Waals surface area contributed by atoms with Crippen molar-refractivity contribution >= 4 is 5.97 Å². The van der Waals surface area contributed by atoms with Gasteiger partial charge in [0, 0.05) is 6.42 Å². The summed E-state index contributed by atoms with van der Waals surface area (Å²) in [5.41, 5.74) is -0.115. The van der Waals surface area contributed by atoms with Crippen LogP contribution in [-0.2, 0) is 9.53 Å². The molecule has 2 aliphatic carbocycles. The molecule has 2 aliphatic rings. The second-order valence-electron chi connectivity index (χ2n) is 4.72. The summed E-state index contributed by atoms with van der Waals surface area (Å²) < 4.78 is 5.54. The highest BCUT2D eigenvalue weighted by molar-refractivity contribution is 5.69. The van der Waals surface area contributed by atoms with Gasteiger partial charge in [0.2, 0.25) is 0 Å². The third kappa shape index (κ3) is 2.53. The van der Waals surface area contributed by atoms with Gasteiger partial charge in [-0.15, -0.1) is 0 Å². The smallest absolute Gasteiger partial charge is 0.306 e. The van der Waals surface area contributed by atoms with Crippen molar-refractivity contribution in [2.24, 2.45) is 11.8 Å². The van der Waals surface area contributed by atoms with Gasteiger partial charge in [-0.05, 0) is 44.4 Å². The van der Waals surface area contributed by atoms with Crippen molar-refractivity contribution in [3.05, 3.63) is 0 Å². The van der Waals surface area contributed by atoms with Crippen LogP contribution in [0.4, 0.5) is 0 Å². The maximum Gasteiger partial charge on any atom is 0.306 e. The lowest BCUT2D eigenvalue weighted by molar-refractivity contribution is -0.162. The predicted molar refractivity (Wildman–Crippen MR) is 61.6 cm³/mol. The van der Waals surface area contributed by atoms with Crippen molar-refractivity contribution < 1.29 is 9.53 Å². The van der Waals surface area contributed by atoms with Gasteiger partial charge in [0.1, 0.15) is 5.60 Å². The van der Waals surface area contributed by atoms with Crippen LogP contribution in [0.5, 0.6) is 0 Å². The molecule has 0 saturated heterocycles. The van der Waals surface area contributed by atoms with Crippen molar-refractivity contribution in [2.45, 2.75) is 65.4 Å². The molecule has 0 aromatic rings. The van der Waals surface area contributed by atoms with Crippen LogP contribution in [0.2, 0.25) is 0 Å². The molecule has 0 radical (unpaired) electrons. The monoisotopic (exact) mass is 212 g/mol. The number of esters is 1. The predicted octanol–water partition coefficient (Wildman–Crippen LogP) is 3.54. The van der Waals surface area contributed by atoms with Crippen LogP contribution in [0.15, 0.2) is 0 Å². The second-order valence-corrected chi connectivity index (χ2v) is 4.72. The largest absolute Gasteiger partial charge is 0.459 e. The Kier molecular flexibility index (Phi) is 4.18. The average Bonchev–Trinajstić information content (AvgIpc) is 2.80. The maximum absolute atomic E-state index is 11.2. The average molecular weight is 212 g/mol. The molecular weight excluding hydrogens is 188 g/mol. The minimum atomic E-state index is -0.115. The summed E-state index contributed by atoms with van der Waals surface area (Å²) in [6.07, 6.45) is 5.51. The zero-order chi connectivity index (χ0) is 11.5. The molecule has 88 valence electrons. The molecule has 0 heterocycles. The Balaban J connectivity index is 0.000000531. The summed E-state index contributed by atoms with van der Waals surface area (Å²) in [5.74, 6) is 1.45. The minimum absolute atomic E-state index is 0.0324. The Bertz CT molecular complexity index is 225. The van der Waals surface area contributed by atoms with Crippen LogP contribution in [0.3, 0.4) is 0 Å². The first-order valence-corrected chi connectivity index (χ1v) is 6.36. The SMILES string of the molecule is CC.CCC(=O)OC1(C)CC2CCC1C2. The molecule has 2 rings (SSSR count). The Morgan fingerprint density at radius 2 is 2.07 bits per heavy atom. The fourth-order valence-corrected chi connectivity index (χ4v) is 3.01. The van der Waals surface area contributed by atoms with Crippen molar-refractivity contribution in [3.8, 4) is 0 Å². The Morgan fingerprint density at radius 1 is 1.40 bits per heavy atom. The van der Waals surface area contributed by atoms with Crippen LogP contribution in [0.25, 0.3) is 0 Å². The summed E-state index contributed by atoms with van der Waals surface area (Å²) >= 11 is 0. The van der Waals surface area contributed by atoms with E-state index in [1.165, 1.54) is 19.3 Å². The van der Waals surface area contributed by atoms with E-state index in [1.807, 2.05) is 20.8 Å². The van der Waals surface area contributed by atoms with Gasteiger partial charge in [-0.1, -0.05) is 20.8 Å². The molecule has 2 heteroatoms. The lowest BCUT2D eigenvalue weighted by atomic mass is 9.86. The van der Waals surface area contributed by atoms with Crippen molar-refractivity contribution in [2.75, 3.05) is 0 Å². The normalized spacial score (nSPS) is 37.1. The van der Waals surface area contributed by atoms with E-state index in [2.05, 4.69) is 6.92 Å². The van der Waals surface area contributed by atoms with Gasteiger partial charge in [-0.3, -0.25) is 4.79 Å². The molecule has 2 saturated carbocycles. The molecule has 2 fully saturated rings. The zero-order valence-corrected chi connectivity index (χ0v) is 10.5. The standard InChI is InChI=1S/C11H18O2.C2H6/c1-3-10(12)13-11(2)7-8-4-5-9(11)6-8;1-2/h8-9H,3-7H2,1-2H3;1-2H3. The fourth-order valence-electron chi connectivity index (χ4n) is 3.01. The van der Waals surface area contributed by atoms with E-state index in [-0.39, 0.29) is 11.6 Å². The number of fused-ring (bicyclic) bond motifs is 2. The Labute approximate surface area is 93.4 Å².